The van der Waals surface area contributed by atoms with Crippen molar-refractivity contribution in [2.45, 2.75) is 108 Å². The fourth-order valence-corrected chi connectivity index (χ4v) is 9.15. The molecule has 2 fully saturated rings. The molecule has 11 nitrogen and oxygen atoms in total. The molecule has 7 aromatic carbocycles. The van der Waals surface area contributed by atoms with Crippen LogP contribution < -0.4 is 0 Å². The van der Waals surface area contributed by atoms with Crippen molar-refractivity contribution in [3.8, 4) is 0 Å². The van der Waals surface area contributed by atoms with Crippen molar-refractivity contribution >= 4 is 0 Å². The summed E-state index contributed by atoms with van der Waals surface area (Å²) in [6, 6.07) is 70.4. The molecule has 2 aliphatic rings. The fraction of sp³-hybridized carbons (Fsp3) is 0.323. The van der Waals surface area contributed by atoms with Crippen LogP contribution >= 0.6 is 0 Å². The zero-order valence-corrected chi connectivity index (χ0v) is 41.3. The zero-order valence-electron chi connectivity index (χ0n) is 41.3. The molecule has 0 amide bonds. The number of ether oxygens (including phenoxy) is 11. The second-order valence-electron chi connectivity index (χ2n) is 18.2. The summed E-state index contributed by atoms with van der Waals surface area (Å²) in [7, 11) is 1.60. The molecule has 0 saturated carbocycles. The molecular weight excluding hydrogens is 921 g/mol. The Balaban J connectivity index is 1.09. The van der Waals surface area contributed by atoms with Gasteiger partial charge in [-0.2, -0.15) is 0 Å². The average molecular weight is 987 g/mol. The van der Waals surface area contributed by atoms with E-state index in [4.69, 9.17) is 52.1 Å². The number of hydrogen-bond acceptors (Lipinski definition) is 11. The Kier molecular flexibility index (Phi) is 19.9. The highest BCUT2D eigenvalue weighted by atomic mass is 16.8. The first kappa shape index (κ1) is 52.0. The van der Waals surface area contributed by atoms with Crippen molar-refractivity contribution in [3.63, 3.8) is 0 Å². The number of methoxy groups -OCH3 is 1. The third-order valence-corrected chi connectivity index (χ3v) is 12.9. The molecule has 0 aromatic heterocycles. The van der Waals surface area contributed by atoms with Gasteiger partial charge in [-0.15, -0.1) is 0 Å². The predicted molar refractivity (Wildman–Crippen MR) is 276 cm³/mol. The topological polar surface area (TPSA) is 102 Å². The highest BCUT2D eigenvalue weighted by molar-refractivity contribution is 5.19. The molecule has 2 heterocycles. The lowest BCUT2D eigenvalue weighted by Gasteiger charge is -2.50. The third-order valence-electron chi connectivity index (χ3n) is 12.9. The highest BCUT2D eigenvalue weighted by Crippen LogP contribution is 2.37. The summed E-state index contributed by atoms with van der Waals surface area (Å²) in [5.74, 6) is 0. The monoisotopic (exact) mass is 986 g/mol. The van der Waals surface area contributed by atoms with Crippen LogP contribution in [0.4, 0.5) is 0 Å². The molecular formula is C62H66O11. The minimum atomic E-state index is -1.10. The summed E-state index contributed by atoms with van der Waals surface area (Å²) in [4.78, 5) is 0. The Bertz CT molecular complexity index is 2560. The lowest BCUT2D eigenvalue weighted by molar-refractivity contribution is -0.381. The number of rotatable bonds is 26. The van der Waals surface area contributed by atoms with Crippen LogP contribution in [0.5, 0.6) is 0 Å². The minimum absolute atomic E-state index is 0.150. The Morgan fingerprint density at radius 2 is 0.548 bits per heavy atom. The van der Waals surface area contributed by atoms with Gasteiger partial charge in [0.25, 0.3) is 0 Å². The van der Waals surface area contributed by atoms with Gasteiger partial charge in [0.15, 0.2) is 12.6 Å². The molecule has 2 aliphatic heterocycles. The van der Waals surface area contributed by atoms with Gasteiger partial charge in [-0.05, 0) is 38.9 Å². The van der Waals surface area contributed by atoms with Gasteiger partial charge >= 0.3 is 0 Å². The van der Waals surface area contributed by atoms with Crippen LogP contribution in [-0.2, 0) is 98.4 Å². The lowest BCUT2D eigenvalue weighted by Crippen LogP contribution is -2.66. The Morgan fingerprint density at radius 3 is 0.863 bits per heavy atom. The number of hydrogen-bond donors (Lipinski definition) is 0. The molecule has 0 aliphatic carbocycles. The largest absolute Gasteiger partial charge is 0.374 e. The van der Waals surface area contributed by atoms with Crippen molar-refractivity contribution in [1.29, 1.82) is 0 Å². The SMILES string of the molecule is CO[C@H]1O[C@H](COCc2ccccc2)[C@@H](OCc2ccccc2)[C@H](OCc2ccccc2)[C@H]1OC1O[C@H](COCc2ccccc2)[C@@H](OCc2ccccc2)[C@H](OCc2ccccc2)[C@H]1OCc1ccccc1. The predicted octanol–water partition coefficient (Wildman–Crippen LogP) is 10.8. The van der Waals surface area contributed by atoms with Gasteiger partial charge in [0.05, 0.1) is 59.5 Å². The normalized spacial score (nSPS) is 24.0. The first-order chi connectivity index (χ1) is 36.2. The van der Waals surface area contributed by atoms with Gasteiger partial charge in [-0.3, -0.25) is 0 Å². The summed E-state index contributed by atoms with van der Waals surface area (Å²) in [6.07, 6.45) is -8.11. The molecule has 0 radical (unpaired) electrons. The van der Waals surface area contributed by atoms with Crippen LogP contribution in [-0.4, -0.2) is 81.7 Å². The highest BCUT2D eigenvalue weighted by Gasteiger charge is 2.54. The Labute approximate surface area is 429 Å². The summed E-state index contributed by atoms with van der Waals surface area (Å²) in [5, 5.41) is 0. The fourth-order valence-electron chi connectivity index (χ4n) is 9.15. The summed E-state index contributed by atoms with van der Waals surface area (Å²) in [6.45, 7) is 2.38. The smallest absolute Gasteiger partial charge is 0.187 e. The molecule has 0 bridgehead atoms. The summed E-state index contributed by atoms with van der Waals surface area (Å²) < 4.78 is 75.8. The zero-order chi connectivity index (χ0) is 49.7. The Morgan fingerprint density at radius 1 is 0.288 bits per heavy atom. The van der Waals surface area contributed by atoms with Crippen LogP contribution in [0.1, 0.15) is 38.9 Å². The second-order valence-corrected chi connectivity index (χ2v) is 18.2. The first-order valence-electron chi connectivity index (χ1n) is 25.2. The molecule has 73 heavy (non-hydrogen) atoms. The van der Waals surface area contributed by atoms with Gasteiger partial charge in [-0.25, -0.2) is 0 Å². The Hall–Kier alpha value is -5.90. The van der Waals surface area contributed by atoms with Crippen molar-refractivity contribution in [1.82, 2.24) is 0 Å². The number of benzene rings is 7. The van der Waals surface area contributed by atoms with Gasteiger partial charge in [0.1, 0.15) is 48.8 Å². The molecule has 11 heteroatoms. The van der Waals surface area contributed by atoms with Crippen LogP contribution in [0.2, 0.25) is 0 Å². The van der Waals surface area contributed by atoms with Crippen LogP contribution in [0.25, 0.3) is 0 Å². The van der Waals surface area contributed by atoms with E-state index in [1.807, 2.05) is 212 Å². The molecule has 7 aromatic rings. The maximum Gasteiger partial charge on any atom is 0.187 e. The quantitative estimate of drug-likeness (QED) is 0.0518. The van der Waals surface area contributed by atoms with Crippen molar-refractivity contribution in [2.75, 3.05) is 20.3 Å². The van der Waals surface area contributed by atoms with E-state index in [-0.39, 0.29) is 46.2 Å². The molecule has 10 atom stereocenters. The maximum absolute atomic E-state index is 7.40. The molecule has 1 unspecified atom stereocenters. The summed E-state index contributed by atoms with van der Waals surface area (Å²) in [5.41, 5.74) is 6.97. The third kappa shape index (κ3) is 15.3. The van der Waals surface area contributed by atoms with Crippen molar-refractivity contribution in [3.05, 3.63) is 251 Å². The van der Waals surface area contributed by atoms with E-state index >= 15 is 0 Å². The summed E-state index contributed by atoms with van der Waals surface area (Å²) >= 11 is 0. The van der Waals surface area contributed by atoms with E-state index < -0.39 is 61.4 Å². The average Bonchev–Trinajstić information content (AvgIpc) is 3.45. The maximum atomic E-state index is 7.40. The van der Waals surface area contributed by atoms with Gasteiger partial charge in [0, 0.05) is 7.11 Å². The van der Waals surface area contributed by atoms with E-state index in [9.17, 15) is 0 Å². The molecule has 380 valence electrons. The van der Waals surface area contributed by atoms with Crippen molar-refractivity contribution in [2.24, 2.45) is 0 Å². The molecule has 2 saturated heterocycles. The van der Waals surface area contributed by atoms with E-state index in [2.05, 4.69) is 0 Å². The van der Waals surface area contributed by atoms with Crippen molar-refractivity contribution < 1.29 is 52.1 Å². The van der Waals surface area contributed by atoms with Crippen LogP contribution in [0, 0.1) is 0 Å². The van der Waals surface area contributed by atoms with Gasteiger partial charge in [-0.1, -0.05) is 212 Å². The van der Waals surface area contributed by atoms with Crippen LogP contribution in [0.3, 0.4) is 0 Å². The van der Waals surface area contributed by atoms with E-state index in [0.717, 1.165) is 38.9 Å². The van der Waals surface area contributed by atoms with E-state index in [0.29, 0.717) is 13.2 Å². The van der Waals surface area contributed by atoms with Gasteiger partial charge in [0.2, 0.25) is 0 Å². The van der Waals surface area contributed by atoms with E-state index in [1.54, 1.807) is 7.11 Å². The molecule has 0 spiro atoms. The van der Waals surface area contributed by atoms with E-state index in [1.165, 1.54) is 0 Å². The molecule has 0 N–H and O–H groups in total. The first-order valence-corrected chi connectivity index (χ1v) is 25.2. The molecule has 9 rings (SSSR count). The standard InChI is InChI=1S/C62H66O11/c1-63-61-60(58(69-42-51-33-19-7-20-34-51)56(67-40-49-29-15-5-16-30-49)53(71-61)44-64-37-46-23-9-2-10-24-46)73-62-59(70-43-52-35-21-8-22-36-52)57(68-41-50-31-17-6-18-32-50)55(66-39-48-27-13-4-14-28-48)54(72-62)45-65-38-47-25-11-3-12-26-47/h2-36,53-62H,37-45H2,1H3/t53-,54-,55-,56-,57+,58+,59-,60-,61+,62?/m1/s1. The second kappa shape index (κ2) is 28.0. The lowest BCUT2D eigenvalue weighted by atomic mass is 9.96. The van der Waals surface area contributed by atoms with Crippen LogP contribution in [0.15, 0.2) is 212 Å². The van der Waals surface area contributed by atoms with Gasteiger partial charge < -0.3 is 52.1 Å². The minimum Gasteiger partial charge on any atom is -0.374 e.